The minimum atomic E-state index is -3.82. The number of hydrogen-bond donors (Lipinski definition) is 1. The van der Waals surface area contributed by atoms with Gasteiger partial charge in [0.15, 0.2) is 0 Å². The minimum Gasteiger partial charge on any atom is -0.455 e. The van der Waals surface area contributed by atoms with Crippen LogP contribution in [0.3, 0.4) is 0 Å². The number of pyridine rings is 1. The number of ether oxygens (including phenoxy) is 1. The summed E-state index contributed by atoms with van der Waals surface area (Å²) in [6.45, 7) is 0.733. The average molecular weight is 743 g/mol. The van der Waals surface area contributed by atoms with Crippen LogP contribution >= 0.6 is 0 Å². The first-order chi connectivity index (χ1) is 25.3. The molecule has 0 saturated carbocycles. The molecule has 53 heavy (non-hydrogen) atoms. The molecule has 1 saturated heterocycles. The van der Waals surface area contributed by atoms with Crippen LogP contribution in [0, 0.1) is 11.6 Å². The minimum absolute atomic E-state index is 0.0451. The maximum absolute atomic E-state index is 15.3. The number of methoxy groups -OCH3 is 1. The van der Waals surface area contributed by atoms with Gasteiger partial charge in [0.05, 0.1) is 52.8 Å². The van der Waals surface area contributed by atoms with Gasteiger partial charge >= 0.3 is 0 Å². The molecule has 4 aromatic heterocycles. The third kappa shape index (κ3) is 5.84. The molecule has 0 radical (unpaired) electrons. The smallest absolute Gasteiger partial charge is 0.255 e. The van der Waals surface area contributed by atoms with Crippen molar-refractivity contribution in [3.8, 4) is 22.6 Å². The normalized spacial score (nSPS) is 16.7. The molecule has 1 N–H and O–H groups in total. The van der Waals surface area contributed by atoms with Gasteiger partial charge in [0.2, 0.25) is 15.9 Å². The molecule has 1 atom stereocenters. The van der Waals surface area contributed by atoms with Crippen LogP contribution in [0.2, 0.25) is 0 Å². The van der Waals surface area contributed by atoms with Gasteiger partial charge in [-0.15, -0.1) is 0 Å². The molecule has 5 heterocycles. The summed E-state index contributed by atoms with van der Waals surface area (Å²) >= 11 is 0. The number of aromatic nitrogens is 3. The number of anilines is 1. The number of sulfonamides is 1. The summed E-state index contributed by atoms with van der Waals surface area (Å²) in [4.78, 5) is 25.2. The van der Waals surface area contributed by atoms with E-state index < -0.39 is 33.4 Å². The highest BCUT2D eigenvalue weighted by Gasteiger charge is 2.38. The van der Waals surface area contributed by atoms with Gasteiger partial charge in [-0.05, 0) is 60.7 Å². The van der Waals surface area contributed by atoms with Crippen LogP contribution in [0.15, 0.2) is 77.2 Å². The molecule has 1 aliphatic rings. The molecule has 272 valence electrons. The lowest BCUT2D eigenvalue weighted by Gasteiger charge is -2.21. The van der Waals surface area contributed by atoms with Gasteiger partial charge in [0.25, 0.3) is 5.91 Å². The molecule has 8 rings (SSSR count). The van der Waals surface area contributed by atoms with E-state index >= 15 is 8.78 Å². The summed E-state index contributed by atoms with van der Waals surface area (Å²) in [5.41, 5.74) is 3.69. The van der Waals surface area contributed by atoms with Crippen LogP contribution in [0.25, 0.3) is 61.0 Å². The molecule has 1 amide bonds. The van der Waals surface area contributed by atoms with E-state index in [-0.39, 0.29) is 42.1 Å². The summed E-state index contributed by atoms with van der Waals surface area (Å²) in [6, 6.07) is 18.5. The lowest BCUT2D eigenvalue weighted by molar-refractivity contribution is -0.110. The predicted octanol–water partition coefficient (Wildman–Crippen LogP) is 6.67. The quantitative estimate of drug-likeness (QED) is 0.183. The van der Waals surface area contributed by atoms with Crippen LogP contribution in [-0.4, -0.2) is 80.0 Å². The fourth-order valence-electron chi connectivity index (χ4n) is 7.07. The summed E-state index contributed by atoms with van der Waals surface area (Å²) in [6.07, 6.45) is 1.26. The maximum Gasteiger partial charge on any atom is 0.255 e. The van der Waals surface area contributed by atoms with E-state index in [2.05, 4.69) is 5.32 Å². The summed E-state index contributed by atoms with van der Waals surface area (Å²) in [5.74, 6) is -2.44. The first-order valence-electron chi connectivity index (χ1n) is 16.7. The Labute approximate surface area is 301 Å². The molecule has 3 aromatic carbocycles. The van der Waals surface area contributed by atoms with Gasteiger partial charge in [-0.3, -0.25) is 18.4 Å². The second-order valence-corrected chi connectivity index (χ2v) is 15.2. The fourth-order valence-corrected chi connectivity index (χ4v) is 7.58. The van der Waals surface area contributed by atoms with Crippen molar-refractivity contribution < 1.29 is 35.5 Å². The number of furan rings is 1. The van der Waals surface area contributed by atoms with E-state index in [1.165, 1.54) is 57.6 Å². The first-order valence-corrected chi connectivity index (χ1v) is 18.5. The molecule has 7 aromatic rings. The van der Waals surface area contributed by atoms with Gasteiger partial charge < -0.3 is 14.5 Å². The average Bonchev–Trinajstić information content (AvgIpc) is 3.84. The van der Waals surface area contributed by atoms with E-state index in [0.29, 0.717) is 62.0 Å². The van der Waals surface area contributed by atoms with Crippen LogP contribution < -0.4 is 9.62 Å². The molecule has 1 aliphatic heterocycles. The van der Waals surface area contributed by atoms with Crippen molar-refractivity contribution >= 4 is 60.0 Å². The van der Waals surface area contributed by atoms with E-state index in [0.717, 1.165) is 10.6 Å². The largest absolute Gasteiger partial charge is 0.455 e. The Morgan fingerprint density at radius 3 is 2.51 bits per heavy atom. The number of nitrogens with zero attached hydrogens (tertiary/aromatic N) is 5. The Morgan fingerprint density at radius 2 is 1.81 bits per heavy atom. The number of amides is 1. The predicted molar refractivity (Wildman–Crippen MR) is 196 cm³/mol. The number of carbonyl (C=O) groups is 1. The molecule has 15 heteroatoms. The second kappa shape index (κ2) is 12.6. The number of carbonyl (C=O) groups excluding carboxylic acids is 1. The molecular formula is C38H33F3N6O5S. The molecule has 1 fully saturated rings. The van der Waals surface area contributed by atoms with Crippen LogP contribution in [0.5, 0.6) is 0 Å². The zero-order valence-corrected chi connectivity index (χ0v) is 29.9. The Hall–Kier alpha value is -5.51. The van der Waals surface area contributed by atoms with Gasteiger partial charge in [-0.1, -0.05) is 6.07 Å². The summed E-state index contributed by atoms with van der Waals surface area (Å²) < 4.78 is 84.3. The van der Waals surface area contributed by atoms with Gasteiger partial charge in [-0.2, -0.15) is 0 Å². The highest BCUT2D eigenvalue weighted by Crippen LogP contribution is 2.42. The molecule has 0 bridgehead atoms. The van der Waals surface area contributed by atoms with Crippen molar-refractivity contribution in [1.82, 2.24) is 24.6 Å². The SMILES string of the molecule is CNC(=O)c1c(-c2ccc(F)cc2)oc2cc(N(C)S(C)(=O)=O)c(-c3ccc4nc(CN5CC[C@@](F)(OC)C5)n5c6cccc(F)c6cc5c4n3)cc12. The van der Waals surface area contributed by atoms with E-state index in [1.54, 1.807) is 36.4 Å². The van der Waals surface area contributed by atoms with Crippen molar-refractivity contribution in [1.29, 1.82) is 0 Å². The number of benzene rings is 3. The number of alkyl halides is 1. The Morgan fingerprint density at radius 1 is 1.04 bits per heavy atom. The third-order valence-electron chi connectivity index (χ3n) is 9.89. The first kappa shape index (κ1) is 34.6. The number of fused-ring (bicyclic) bond motifs is 6. The number of hydrogen-bond acceptors (Lipinski definition) is 8. The van der Waals surface area contributed by atoms with E-state index in [9.17, 15) is 17.6 Å². The number of rotatable bonds is 8. The third-order valence-corrected chi connectivity index (χ3v) is 11.1. The topological polar surface area (TPSA) is 122 Å². The van der Waals surface area contributed by atoms with Gasteiger partial charge in [0.1, 0.15) is 34.3 Å². The van der Waals surface area contributed by atoms with E-state index in [4.69, 9.17) is 19.1 Å². The second-order valence-electron chi connectivity index (χ2n) is 13.2. The zero-order valence-electron chi connectivity index (χ0n) is 29.1. The Kier molecular flexibility index (Phi) is 8.20. The Bertz CT molecular complexity index is 2730. The highest BCUT2D eigenvalue weighted by atomic mass is 32.2. The van der Waals surface area contributed by atoms with Crippen molar-refractivity contribution in [3.05, 3.63) is 95.8 Å². The highest BCUT2D eigenvalue weighted by molar-refractivity contribution is 7.92. The van der Waals surface area contributed by atoms with E-state index in [1.807, 2.05) is 9.30 Å². The van der Waals surface area contributed by atoms with Crippen molar-refractivity contribution in [2.45, 2.75) is 18.8 Å². The Balaban J connectivity index is 1.37. The van der Waals surface area contributed by atoms with Crippen LogP contribution in [-0.2, 0) is 21.3 Å². The van der Waals surface area contributed by atoms with Crippen LogP contribution in [0.1, 0.15) is 22.6 Å². The van der Waals surface area contributed by atoms with Gasteiger partial charge in [0, 0.05) is 62.1 Å². The maximum atomic E-state index is 15.3. The molecule has 0 unspecified atom stereocenters. The number of likely N-dealkylation sites (tertiary alicyclic amines) is 1. The number of halogens is 3. The van der Waals surface area contributed by atoms with Crippen molar-refractivity contribution in [3.63, 3.8) is 0 Å². The molecule has 0 spiro atoms. The lowest BCUT2D eigenvalue weighted by Crippen LogP contribution is -2.31. The molecule has 11 nitrogen and oxygen atoms in total. The summed E-state index contributed by atoms with van der Waals surface area (Å²) in [5, 5.41) is 3.34. The van der Waals surface area contributed by atoms with Crippen molar-refractivity contribution in [2.24, 2.45) is 0 Å². The standard InChI is InChI=1S/C38H33F3N6O5S/c1-42-37(48)34-25-16-24(30(45(2)53(4,49)50)18-32(25)52-36(34)21-8-10-22(39)11-9-21)27-12-13-28-35(44-27)31-17-23-26(40)6-5-7-29(23)47(31)33(43-28)19-46-15-14-38(41,20-46)51-3/h5-13,16-18H,14-15,19-20H2,1-4H3,(H,42,48)/t38-/m1/s1. The van der Waals surface area contributed by atoms with Crippen molar-refractivity contribution in [2.75, 3.05) is 44.9 Å². The fraction of sp³-hybridized carbons (Fsp3) is 0.237. The molecule has 0 aliphatic carbocycles. The van der Waals surface area contributed by atoms with Gasteiger partial charge in [-0.25, -0.2) is 31.6 Å². The number of nitrogens with one attached hydrogen (secondary N) is 1. The monoisotopic (exact) mass is 742 g/mol. The lowest BCUT2D eigenvalue weighted by atomic mass is 10.0. The molecular weight excluding hydrogens is 710 g/mol. The zero-order chi connectivity index (χ0) is 37.4. The summed E-state index contributed by atoms with van der Waals surface area (Å²) in [7, 11) is 0.391. The van der Waals surface area contributed by atoms with Crippen LogP contribution in [0.4, 0.5) is 18.9 Å².